The summed E-state index contributed by atoms with van der Waals surface area (Å²) in [5, 5.41) is 12.0. The molecule has 1 saturated carbocycles. The first-order chi connectivity index (χ1) is 8.71. The van der Waals surface area contributed by atoms with Gasteiger partial charge in [0, 0.05) is 5.92 Å². The minimum absolute atomic E-state index is 0.00382. The molecule has 1 aromatic rings. The lowest BCUT2D eigenvalue weighted by Crippen LogP contribution is -2.17. The van der Waals surface area contributed by atoms with Gasteiger partial charge in [-0.05, 0) is 29.0 Å². The van der Waals surface area contributed by atoms with E-state index >= 15 is 0 Å². The second kappa shape index (κ2) is 4.25. The number of hydrogen-bond donors (Lipinski definition) is 1. The average Bonchev–Trinajstić information content (AvgIpc) is 2.72. The van der Waals surface area contributed by atoms with Crippen LogP contribution in [-0.4, -0.2) is 5.91 Å². The highest BCUT2D eigenvalue weighted by molar-refractivity contribution is 6.33. The highest BCUT2D eigenvalue weighted by atomic mass is 35.5. The maximum absolute atomic E-state index is 12.3. The van der Waals surface area contributed by atoms with E-state index in [4.69, 9.17) is 16.9 Å². The zero-order chi connectivity index (χ0) is 14.4. The third-order valence-corrected chi connectivity index (χ3v) is 4.95. The number of nitriles is 1. The minimum atomic E-state index is -0.0216. The second-order valence-electron chi connectivity index (χ2n) is 6.17. The van der Waals surface area contributed by atoms with Crippen molar-refractivity contribution in [2.24, 2.45) is 16.7 Å². The maximum Gasteiger partial charge on any atom is 0.228 e. The van der Waals surface area contributed by atoms with Crippen molar-refractivity contribution < 1.29 is 4.79 Å². The van der Waals surface area contributed by atoms with Gasteiger partial charge in [0.2, 0.25) is 5.91 Å². The molecule has 1 aromatic carbocycles. The van der Waals surface area contributed by atoms with Gasteiger partial charge in [-0.1, -0.05) is 39.3 Å². The van der Waals surface area contributed by atoms with Crippen molar-refractivity contribution in [2.75, 3.05) is 5.32 Å². The summed E-state index contributed by atoms with van der Waals surface area (Å²) in [7, 11) is 0. The van der Waals surface area contributed by atoms with Crippen LogP contribution in [-0.2, 0) is 4.79 Å². The van der Waals surface area contributed by atoms with Crippen LogP contribution >= 0.6 is 11.6 Å². The van der Waals surface area contributed by atoms with E-state index in [1.165, 1.54) is 0 Å². The largest absolute Gasteiger partial charge is 0.324 e. The third kappa shape index (κ3) is 2.11. The van der Waals surface area contributed by atoms with Crippen LogP contribution in [0.15, 0.2) is 18.2 Å². The number of carbonyl (C=O) groups is 1. The van der Waals surface area contributed by atoms with Crippen LogP contribution in [0.3, 0.4) is 0 Å². The van der Waals surface area contributed by atoms with Gasteiger partial charge in [-0.25, -0.2) is 0 Å². The second-order valence-corrected chi connectivity index (χ2v) is 6.58. The Hall–Kier alpha value is -1.53. The van der Waals surface area contributed by atoms with Gasteiger partial charge < -0.3 is 5.32 Å². The van der Waals surface area contributed by atoms with Crippen LogP contribution in [0.2, 0.25) is 5.02 Å². The molecule has 2 rings (SSSR count). The molecule has 4 heteroatoms. The smallest absolute Gasteiger partial charge is 0.228 e. The standard InChI is InChI=1S/C15H17ClN2O/c1-14(2)12(15(14,3)4)13(19)18-11-6-5-9(8-17)7-10(11)16/h5-7,12H,1-4H3,(H,18,19). The molecular formula is C15H17ClN2O. The fourth-order valence-electron chi connectivity index (χ4n) is 2.74. The summed E-state index contributed by atoms with van der Waals surface area (Å²) < 4.78 is 0. The van der Waals surface area contributed by atoms with Crippen LogP contribution in [0.25, 0.3) is 0 Å². The van der Waals surface area contributed by atoms with Gasteiger partial charge in [0.15, 0.2) is 0 Å². The van der Waals surface area contributed by atoms with E-state index in [2.05, 4.69) is 33.0 Å². The van der Waals surface area contributed by atoms with Gasteiger partial charge in [-0.2, -0.15) is 5.26 Å². The van der Waals surface area contributed by atoms with Crippen molar-refractivity contribution >= 4 is 23.2 Å². The van der Waals surface area contributed by atoms with E-state index in [-0.39, 0.29) is 22.7 Å². The Labute approximate surface area is 118 Å². The quantitative estimate of drug-likeness (QED) is 0.892. The Kier molecular flexibility index (Phi) is 3.10. The van der Waals surface area contributed by atoms with E-state index in [0.29, 0.717) is 16.3 Å². The lowest BCUT2D eigenvalue weighted by Gasteiger charge is -2.08. The van der Waals surface area contributed by atoms with Gasteiger partial charge in [0.1, 0.15) is 0 Å². The predicted octanol–water partition coefficient (Wildman–Crippen LogP) is 3.83. The highest BCUT2D eigenvalue weighted by Gasteiger charge is 2.68. The lowest BCUT2D eigenvalue weighted by atomic mass is 10.0. The topological polar surface area (TPSA) is 52.9 Å². The Morgan fingerprint density at radius 2 is 1.89 bits per heavy atom. The molecule has 0 spiro atoms. The number of rotatable bonds is 2. The van der Waals surface area contributed by atoms with Crippen molar-refractivity contribution in [3.05, 3.63) is 28.8 Å². The van der Waals surface area contributed by atoms with Gasteiger partial charge in [0.05, 0.1) is 22.3 Å². The molecule has 1 fully saturated rings. The number of anilines is 1. The number of nitrogens with zero attached hydrogens (tertiary/aromatic N) is 1. The van der Waals surface area contributed by atoms with E-state index in [1.807, 2.05) is 6.07 Å². The molecule has 3 nitrogen and oxygen atoms in total. The molecule has 0 atom stereocenters. The summed E-state index contributed by atoms with van der Waals surface area (Å²) in [6, 6.07) is 6.88. The monoisotopic (exact) mass is 276 g/mol. The summed E-state index contributed by atoms with van der Waals surface area (Å²) in [6.45, 7) is 8.38. The van der Waals surface area contributed by atoms with E-state index in [1.54, 1.807) is 18.2 Å². The molecule has 0 bridgehead atoms. The number of halogens is 1. The Bertz CT molecular complexity index is 570. The molecule has 1 aliphatic carbocycles. The summed E-state index contributed by atoms with van der Waals surface area (Å²) in [5.41, 5.74) is 1.03. The first kappa shape index (κ1) is 13.9. The SMILES string of the molecule is CC1(C)C(C(=O)Nc2ccc(C#N)cc2Cl)C1(C)C. The van der Waals surface area contributed by atoms with Gasteiger partial charge >= 0.3 is 0 Å². The summed E-state index contributed by atoms with van der Waals surface area (Å²) in [4.78, 5) is 12.3. The van der Waals surface area contributed by atoms with E-state index < -0.39 is 0 Å². The molecule has 1 amide bonds. The first-order valence-electron chi connectivity index (χ1n) is 6.22. The van der Waals surface area contributed by atoms with Crippen LogP contribution in [0.1, 0.15) is 33.3 Å². The molecule has 100 valence electrons. The Morgan fingerprint density at radius 1 is 1.32 bits per heavy atom. The Balaban J connectivity index is 2.16. The summed E-state index contributed by atoms with van der Waals surface area (Å²) in [6.07, 6.45) is 0. The molecule has 1 aliphatic rings. The van der Waals surface area contributed by atoms with Gasteiger partial charge in [-0.3, -0.25) is 4.79 Å². The molecule has 0 unspecified atom stereocenters. The Morgan fingerprint density at radius 3 is 2.32 bits per heavy atom. The maximum atomic E-state index is 12.3. The van der Waals surface area contributed by atoms with Crippen LogP contribution in [0, 0.1) is 28.1 Å². The lowest BCUT2D eigenvalue weighted by molar-refractivity contribution is -0.118. The molecule has 0 radical (unpaired) electrons. The molecule has 1 N–H and O–H groups in total. The summed E-state index contributed by atoms with van der Waals surface area (Å²) in [5.74, 6) is -0.0340. The highest BCUT2D eigenvalue weighted by Crippen LogP contribution is 2.68. The zero-order valence-corrected chi connectivity index (χ0v) is 12.3. The average molecular weight is 277 g/mol. The zero-order valence-electron chi connectivity index (χ0n) is 11.5. The molecular weight excluding hydrogens is 260 g/mol. The predicted molar refractivity (Wildman–Crippen MR) is 75.8 cm³/mol. The third-order valence-electron chi connectivity index (χ3n) is 4.64. The number of benzene rings is 1. The summed E-state index contributed by atoms with van der Waals surface area (Å²) >= 11 is 6.05. The normalized spacial score (nSPS) is 19.6. The fraction of sp³-hybridized carbons (Fsp3) is 0.467. The van der Waals surface area contributed by atoms with Crippen molar-refractivity contribution in [3.63, 3.8) is 0 Å². The van der Waals surface area contributed by atoms with Crippen LogP contribution in [0.5, 0.6) is 0 Å². The van der Waals surface area contributed by atoms with Gasteiger partial charge in [0.25, 0.3) is 0 Å². The van der Waals surface area contributed by atoms with E-state index in [9.17, 15) is 4.79 Å². The van der Waals surface area contributed by atoms with E-state index in [0.717, 1.165) is 0 Å². The first-order valence-corrected chi connectivity index (χ1v) is 6.60. The number of carbonyl (C=O) groups excluding carboxylic acids is 1. The van der Waals surface area contributed by atoms with Crippen LogP contribution < -0.4 is 5.32 Å². The molecule has 0 saturated heterocycles. The number of hydrogen-bond acceptors (Lipinski definition) is 2. The number of nitrogens with one attached hydrogen (secondary N) is 1. The molecule has 0 aliphatic heterocycles. The fourth-order valence-corrected chi connectivity index (χ4v) is 2.97. The van der Waals surface area contributed by atoms with Crippen LogP contribution in [0.4, 0.5) is 5.69 Å². The molecule has 19 heavy (non-hydrogen) atoms. The molecule has 0 aromatic heterocycles. The van der Waals surface area contributed by atoms with Crippen molar-refractivity contribution in [3.8, 4) is 6.07 Å². The van der Waals surface area contributed by atoms with Crippen molar-refractivity contribution in [1.29, 1.82) is 5.26 Å². The van der Waals surface area contributed by atoms with Gasteiger partial charge in [-0.15, -0.1) is 0 Å². The molecule has 0 heterocycles. The van der Waals surface area contributed by atoms with Crippen molar-refractivity contribution in [2.45, 2.75) is 27.7 Å². The van der Waals surface area contributed by atoms with Crippen molar-refractivity contribution in [1.82, 2.24) is 0 Å². The minimum Gasteiger partial charge on any atom is -0.324 e. The number of amides is 1.